The van der Waals surface area contributed by atoms with Crippen molar-refractivity contribution in [2.24, 2.45) is 5.92 Å². The zero-order chi connectivity index (χ0) is 17.8. The smallest absolute Gasteiger partial charge is 0.251 e. The Labute approximate surface area is 143 Å². The predicted molar refractivity (Wildman–Crippen MR) is 93.2 cm³/mol. The number of nitrogens with one attached hydrogen (secondary N) is 2. The Morgan fingerprint density at radius 3 is 2.46 bits per heavy atom. The molecular weight excluding hydrogens is 308 g/mol. The quantitative estimate of drug-likeness (QED) is 0.606. The first kappa shape index (κ1) is 20.0. The van der Waals surface area contributed by atoms with Crippen LogP contribution in [0, 0.1) is 5.92 Å². The summed E-state index contributed by atoms with van der Waals surface area (Å²) in [5.74, 6) is 0.732. The largest absolute Gasteiger partial charge is 0.494 e. The van der Waals surface area contributed by atoms with E-state index in [2.05, 4.69) is 24.5 Å². The fraction of sp³-hybridized carbons (Fsp3) is 0.556. The first-order valence-electron chi connectivity index (χ1n) is 8.38. The second-order valence-corrected chi connectivity index (χ2v) is 5.81. The normalized spacial score (nSPS) is 10.5. The van der Waals surface area contributed by atoms with Crippen LogP contribution in [0.25, 0.3) is 0 Å². The van der Waals surface area contributed by atoms with E-state index >= 15 is 0 Å². The van der Waals surface area contributed by atoms with Crippen LogP contribution in [0.1, 0.15) is 37.6 Å². The molecule has 1 rings (SSSR count). The SMILES string of the molecule is CCOc1ccc(C(=O)NCC(=O)NCCCOCC(C)C)cc1. The highest BCUT2D eigenvalue weighted by Gasteiger charge is 2.08. The summed E-state index contributed by atoms with van der Waals surface area (Å²) in [4.78, 5) is 23.6. The predicted octanol–water partition coefficient (Wildman–Crippen LogP) is 1.99. The Hall–Kier alpha value is -2.08. The third kappa shape index (κ3) is 8.53. The van der Waals surface area contributed by atoms with E-state index in [0.717, 1.165) is 13.0 Å². The van der Waals surface area contributed by atoms with Crippen molar-refractivity contribution in [3.8, 4) is 5.75 Å². The van der Waals surface area contributed by atoms with Gasteiger partial charge >= 0.3 is 0 Å². The summed E-state index contributed by atoms with van der Waals surface area (Å²) < 4.78 is 10.7. The maximum absolute atomic E-state index is 11.9. The third-order valence-corrected chi connectivity index (χ3v) is 3.08. The molecular formula is C18H28N2O4. The van der Waals surface area contributed by atoms with Crippen LogP contribution in [0.15, 0.2) is 24.3 Å². The fourth-order valence-electron chi connectivity index (χ4n) is 1.92. The molecule has 0 aliphatic carbocycles. The molecule has 0 spiro atoms. The molecule has 6 nitrogen and oxygen atoms in total. The lowest BCUT2D eigenvalue weighted by atomic mass is 10.2. The highest BCUT2D eigenvalue weighted by molar-refractivity contribution is 5.96. The molecule has 0 aliphatic heterocycles. The van der Waals surface area contributed by atoms with Crippen molar-refractivity contribution in [3.05, 3.63) is 29.8 Å². The number of rotatable bonds is 11. The van der Waals surface area contributed by atoms with E-state index in [1.54, 1.807) is 24.3 Å². The van der Waals surface area contributed by atoms with Crippen LogP contribution in [-0.4, -0.2) is 44.7 Å². The zero-order valence-corrected chi connectivity index (χ0v) is 14.8. The number of carbonyl (C=O) groups is 2. The Bertz CT molecular complexity index is 500. The first-order valence-corrected chi connectivity index (χ1v) is 8.38. The molecule has 6 heteroatoms. The molecule has 0 atom stereocenters. The minimum absolute atomic E-state index is 0.0428. The lowest BCUT2D eigenvalue weighted by Crippen LogP contribution is -2.37. The Kier molecular flexibility index (Phi) is 9.53. The second kappa shape index (κ2) is 11.5. The molecule has 2 amide bonds. The van der Waals surface area contributed by atoms with Crippen molar-refractivity contribution in [2.45, 2.75) is 27.2 Å². The number of benzene rings is 1. The number of carbonyl (C=O) groups excluding carboxylic acids is 2. The Morgan fingerprint density at radius 1 is 1.12 bits per heavy atom. The maximum atomic E-state index is 11.9. The van der Waals surface area contributed by atoms with E-state index in [4.69, 9.17) is 9.47 Å². The van der Waals surface area contributed by atoms with Gasteiger partial charge in [0.1, 0.15) is 5.75 Å². The molecule has 0 saturated carbocycles. The summed E-state index contributed by atoms with van der Waals surface area (Å²) in [5.41, 5.74) is 0.494. The Morgan fingerprint density at radius 2 is 1.83 bits per heavy atom. The average Bonchev–Trinajstić information content (AvgIpc) is 2.56. The van der Waals surface area contributed by atoms with E-state index in [1.165, 1.54) is 0 Å². The van der Waals surface area contributed by atoms with Crippen LogP contribution in [0.5, 0.6) is 5.75 Å². The van der Waals surface area contributed by atoms with Crippen molar-refractivity contribution in [3.63, 3.8) is 0 Å². The molecule has 0 heterocycles. The van der Waals surface area contributed by atoms with Gasteiger partial charge in [-0.2, -0.15) is 0 Å². The average molecular weight is 336 g/mol. The lowest BCUT2D eigenvalue weighted by Gasteiger charge is -2.09. The molecule has 1 aromatic rings. The minimum Gasteiger partial charge on any atom is -0.494 e. The van der Waals surface area contributed by atoms with Gasteiger partial charge in [0, 0.05) is 25.3 Å². The van der Waals surface area contributed by atoms with Gasteiger partial charge in [-0.15, -0.1) is 0 Å². The van der Waals surface area contributed by atoms with Gasteiger partial charge in [0.2, 0.25) is 5.91 Å². The monoisotopic (exact) mass is 336 g/mol. The molecule has 0 aromatic heterocycles. The van der Waals surface area contributed by atoms with Crippen LogP contribution in [0.4, 0.5) is 0 Å². The van der Waals surface area contributed by atoms with Crippen LogP contribution in [-0.2, 0) is 9.53 Å². The molecule has 134 valence electrons. The van der Waals surface area contributed by atoms with Crippen molar-refractivity contribution >= 4 is 11.8 Å². The van der Waals surface area contributed by atoms with E-state index in [-0.39, 0.29) is 18.4 Å². The highest BCUT2D eigenvalue weighted by atomic mass is 16.5. The van der Waals surface area contributed by atoms with Gasteiger partial charge in [0.25, 0.3) is 5.91 Å². The number of hydrogen-bond acceptors (Lipinski definition) is 4. The molecule has 0 aliphatic rings. The van der Waals surface area contributed by atoms with Gasteiger partial charge in [-0.3, -0.25) is 9.59 Å². The Balaban J connectivity index is 2.18. The number of amides is 2. The molecule has 0 bridgehead atoms. The number of hydrogen-bond donors (Lipinski definition) is 2. The molecule has 1 aromatic carbocycles. The van der Waals surface area contributed by atoms with Gasteiger partial charge in [0.15, 0.2) is 0 Å². The molecule has 24 heavy (non-hydrogen) atoms. The van der Waals surface area contributed by atoms with Gasteiger partial charge in [0.05, 0.1) is 13.2 Å². The van der Waals surface area contributed by atoms with Crippen molar-refractivity contribution in [1.29, 1.82) is 0 Å². The topological polar surface area (TPSA) is 76.7 Å². The van der Waals surface area contributed by atoms with E-state index in [9.17, 15) is 9.59 Å². The molecule has 0 unspecified atom stereocenters. The van der Waals surface area contributed by atoms with Crippen molar-refractivity contribution in [2.75, 3.05) is 32.9 Å². The van der Waals surface area contributed by atoms with E-state index < -0.39 is 0 Å². The van der Waals surface area contributed by atoms with Crippen LogP contribution < -0.4 is 15.4 Å². The summed E-state index contributed by atoms with van der Waals surface area (Å²) in [5, 5.41) is 5.34. The molecule has 0 saturated heterocycles. The summed E-state index contributed by atoms with van der Waals surface area (Å²) in [6.45, 7) is 8.51. The minimum atomic E-state index is -0.284. The summed E-state index contributed by atoms with van der Waals surface area (Å²) >= 11 is 0. The van der Waals surface area contributed by atoms with Crippen molar-refractivity contribution < 1.29 is 19.1 Å². The first-order chi connectivity index (χ1) is 11.5. The lowest BCUT2D eigenvalue weighted by molar-refractivity contribution is -0.120. The summed E-state index contributed by atoms with van der Waals surface area (Å²) in [6.07, 6.45) is 0.755. The standard InChI is InChI=1S/C18H28N2O4/c1-4-24-16-8-6-15(7-9-16)18(22)20-12-17(21)19-10-5-11-23-13-14(2)3/h6-9,14H,4-5,10-13H2,1-3H3,(H,19,21)(H,20,22). The van der Waals surface area contributed by atoms with Gasteiger partial charge in [-0.05, 0) is 43.5 Å². The van der Waals surface area contributed by atoms with Crippen molar-refractivity contribution in [1.82, 2.24) is 10.6 Å². The van der Waals surface area contributed by atoms with Gasteiger partial charge < -0.3 is 20.1 Å². The molecule has 0 fully saturated rings. The fourth-order valence-corrected chi connectivity index (χ4v) is 1.92. The van der Waals surface area contributed by atoms with Crippen LogP contribution in [0.2, 0.25) is 0 Å². The zero-order valence-electron chi connectivity index (χ0n) is 14.8. The van der Waals surface area contributed by atoms with Crippen LogP contribution >= 0.6 is 0 Å². The highest BCUT2D eigenvalue weighted by Crippen LogP contribution is 2.11. The van der Waals surface area contributed by atoms with Gasteiger partial charge in [-0.1, -0.05) is 13.8 Å². The van der Waals surface area contributed by atoms with Gasteiger partial charge in [-0.25, -0.2) is 0 Å². The summed E-state index contributed by atoms with van der Waals surface area (Å²) in [7, 11) is 0. The maximum Gasteiger partial charge on any atom is 0.251 e. The van der Waals surface area contributed by atoms with Crippen LogP contribution in [0.3, 0.4) is 0 Å². The number of ether oxygens (including phenoxy) is 2. The molecule has 2 N–H and O–H groups in total. The van der Waals surface area contributed by atoms with E-state index in [1.807, 2.05) is 6.92 Å². The third-order valence-electron chi connectivity index (χ3n) is 3.08. The van der Waals surface area contributed by atoms with E-state index in [0.29, 0.717) is 37.0 Å². The summed E-state index contributed by atoms with van der Waals surface area (Å²) in [6, 6.07) is 6.81. The molecule has 0 radical (unpaired) electrons. The second-order valence-electron chi connectivity index (χ2n) is 5.81.